The van der Waals surface area contributed by atoms with E-state index in [0.717, 1.165) is 133 Å². The van der Waals surface area contributed by atoms with E-state index in [-0.39, 0.29) is 0 Å². The zero-order valence-electron chi connectivity index (χ0n) is 55.6. The molecule has 18 aromatic rings. The second-order valence-corrected chi connectivity index (χ2v) is 25.2. The van der Waals surface area contributed by atoms with Gasteiger partial charge in [0.1, 0.15) is 0 Å². The van der Waals surface area contributed by atoms with E-state index in [0.29, 0.717) is 52.4 Å². The first-order chi connectivity index (χ1) is 51.1. The SMILES string of the molecule is c1ccc(-c2ccc3c(c2)c2ccccc2n3-c2ccc(-c3c(-c4ccc(-c5nc(-c6ccccc6)nc(-c6ccccc6)n5)cc4)c(-c4nc(-c5ccccc5)nc(-c5ccccc5)n4)c(-c4ccccc4)c(-c4ccccc4)c3-c3nc(-c4ccccc4)nc(-c4ccccc4)n3)cc2)cc1. The van der Waals surface area contributed by atoms with E-state index >= 15 is 0 Å². The van der Waals surface area contributed by atoms with E-state index in [1.165, 1.54) is 0 Å². The Hall–Kier alpha value is -14.1. The highest BCUT2D eigenvalue weighted by Crippen LogP contribution is 2.56. The highest BCUT2D eigenvalue weighted by molar-refractivity contribution is 6.15. The van der Waals surface area contributed by atoms with Gasteiger partial charge in [-0.15, -0.1) is 0 Å². The molecule has 0 saturated heterocycles. The maximum Gasteiger partial charge on any atom is 0.165 e. The zero-order chi connectivity index (χ0) is 68.4. The molecule has 0 unspecified atom stereocenters. The van der Waals surface area contributed by atoms with Crippen LogP contribution in [0.15, 0.2) is 364 Å². The summed E-state index contributed by atoms with van der Waals surface area (Å²) in [5.74, 6) is 4.62. The van der Waals surface area contributed by atoms with Crippen LogP contribution in [0.4, 0.5) is 0 Å². The summed E-state index contributed by atoms with van der Waals surface area (Å²) in [7, 11) is 0. The summed E-state index contributed by atoms with van der Waals surface area (Å²) in [6.45, 7) is 0. The molecule has 4 aromatic heterocycles. The minimum Gasteiger partial charge on any atom is -0.309 e. The first kappa shape index (κ1) is 61.3. The molecule has 0 fully saturated rings. The third-order valence-electron chi connectivity index (χ3n) is 18.8. The van der Waals surface area contributed by atoms with Crippen molar-refractivity contribution >= 4 is 21.8 Å². The quantitative estimate of drug-likeness (QED) is 0.0988. The maximum atomic E-state index is 5.74. The average molecular weight is 1320 g/mol. The van der Waals surface area contributed by atoms with Crippen LogP contribution in [0.1, 0.15) is 0 Å². The number of benzene rings is 14. The van der Waals surface area contributed by atoms with Crippen molar-refractivity contribution in [1.29, 1.82) is 0 Å². The fraction of sp³-hybridized carbons (Fsp3) is 0. The van der Waals surface area contributed by atoms with Crippen LogP contribution in [0.5, 0.6) is 0 Å². The summed E-state index contributed by atoms with van der Waals surface area (Å²) in [4.78, 5) is 49.2. The first-order valence-electron chi connectivity index (χ1n) is 34.4. The van der Waals surface area contributed by atoms with E-state index in [4.69, 9.17) is 44.9 Å². The predicted octanol–water partition coefficient (Wildman–Crippen LogP) is 22.7. The summed E-state index contributed by atoms with van der Waals surface area (Å²) in [6, 6.07) is 126. The number of hydrogen-bond donors (Lipinski definition) is 0. The van der Waals surface area contributed by atoms with Gasteiger partial charge in [-0.3, -0.25) is 0 Å². The third kappa shape index (κ3) is 11.9. The van der Waals surface area contributed by atoms with Crippen molar-refractivity contribution in [2.24, 2.45) is 0 Å². The van der Waals surface area contributed by atoms with Gasteiger partial charge in [0.15, 0.2) is 52.4 Å². The van der Waals surface area contributed by atoms with Gasteiger partial charge in [0.2, 0.25) is 0 Å². The number of rotatable bonds is 15. The monoisotopic (exact) mass is 1320 g/mol. The Bertz CT molecular complexity index is 5920. The molecule has 14 aromatic carbocycles. The van der Waals surface area contributed by atoms with Gasteiger partial charge >= 0.3 is 0 Å². The minimum atomic E-state index is 0.454. The van der Waals surface area contributed by atoms with Crippen molar-refractivity contribution in [3.8, 4) is 164 Å². The summed E-state index contributed by atoms with van der Waals surface area (Å²) >= 11 is 0. The predicted molar refractivity (Wildman–Crippen MR) is 417 cm³/mol. The molecule has 10 nitrogen and oxygen atoms in total. The molecule has 0 saturated carbocycles. The lowest BCUT2D eigenvalue weighted by atomic mass is 9.76. The fourth-order valence-corrected chi connectivity index (χ4v) is 14.0. The van der Waals surface area contributed by atoms with Crippen LogP contribution >= 0.6 is 0 Å². The van der Waals surface area contributed by atoms with Crippen molar-refractivity contribution in [1.82, 2.24) is 49.4 Å². The molecule has 18 rings (SSSR count). The topological polar surface area (TPSA) is 121 Å². The standard InChI is InChI=1S/C93H60N10/c1-10-30-61(31-11-1)73-56-59-78-76(60-73)75-48-28-29-49-77(75)103(78)74-57-54-65(55-58-74)82-81(64-50-52-72(53-51-64)91-95-85(66-36-16-4-17-37-66)94-86(96-91)67-38-18-5-19-39-67)83(92-99-87(68-40-20-6-21-41-68)97-88(100-92)69-42-22-7-23-43-69)79(62-32-12-2-13-33-62)80(63-34-14-3-15-35-63)84(82)93-101-89(70-44-24-8-25-45-70)98-90(102-93)71-46-26-9-27-47-71/h1-60H. The highest BCUT2D eigenvalue weighted by Gasteiger charge is 2.33. The molecule has 0 bridgehead atoms. The van der Waals surface area contributed by atoms with Crippen molar-refractivity contribution in [3.63, 3.8) is 0 Å². The van der Waals surface area contributed by atoms with E-state index in [2.05, 4.69) is 235 Å². The minimum absolute atomic E-state index is 0.454. The van der Waals surface area contributed by atoms with Crippen LogP contribution in [0.25, 0.3) is 186 Å². The van der Waals surface area contributed by atoms with Crippen LogP contribution < -0.4 is 0 Å². The molecule has 0 aliphatic rings. The lowest BCUT2D eigenvalue weighted by Crippen LogP contribution is -2.08. The summed E-state index contributed by atoms with van der Waals surface area (Å²) in [6.07, 6.45) is 0. The lowest BCUT2D eigenvalue weighted by Gasteiger charge is -2.28. The largest absolute Gasteiger partial charge is 0.309 e. The second-order valence-electron chi connectivity index (χ2n) is 25.2. The van der Waals surface area contributed by atoms with Gasteiger partial charge in [0.05, 0.1) is 11.0 Å². The number of nitrogens with zero attached hydrogens (tertiary/aromatic N) is 10. The van der Waals surface area contributed by atoms with Crippen molar-refractivity contribution in [2.75, 3.05) is 0 Å². The van der Waals surface area contributed by atoms with E-state index in [9.17, 15) is 0 Å². The van der Waals surface area contributed by atoms with Gasteiger partial charge in [0, 0.05) is 88.8 Å². The van der Waals surface area contributed by atoms with Crippen LogP contribution in [0.2, 0.25) is 0 Å². The van der Waals surface area contributed by atoms with Gasteiger partial charge in [-0.2, -0.15) is 0 Å². The van der Waals surface area contributed by atoms with Crippen molar-refractivity contribution in [3.05, 3.63) is 364 Å². The van der Waals surface area contributed by atoms with Gasteiger partial charge in [0.25, 0.3) is 0 Å². The Morgan fingerprint density at radius 1 is 0.146 bits per heavy atom. The van der Waals surface area contributed by atoms with Gasteiger partial charge in [-0.25, -0.2) is 44.9 Å². The Morgan fingerprint density at radius 2 is 0.369 bits per heavy atom. The molecule has 4 heterocycles. The fourth-order valence-electron chi connectivity index (χ4n) is 14.0. The molecule has 103 heavy (non-hydrogen) atoms. The smallest absolute Gasteiger partial charge is 0.165 e. The molecule has 0 N–H and O–H groups in total. The number of fused-ring (bicyclic) bond motifs is 3. The average Bonchev–Trinajstić information content (AvgIpc) is 1.16. The van der Waals surface area contributed by atoms with Crippen LogP contribution in [-0.2, 0) is 0 Å². The molecular weight excluding hydrogens is 1260 g/mol. The number of hydrogen-bond acceptors (Lipinski definition) is 9. The van der Waals surface area contributed by atoms with Crippen LogP contribution in [0.3, 0.4) is 0 Å². The lowest BCUT2D eigenvalue weighted by molar-refractivity contribution is 1.07. The highest BCUT2D eigenvalue weighted by atomic mass is 15.1. The van der Waals surface area contributed by atoms with Crippen LogP contribution in [-0.4, -0.2) is 49.4 Å². The van der Waals surface area contributed by atoms with Gasteiger partial charge in [-0.05, 0) is 63.7 Å². The molecule has 0 radical (unpaired) electrons. The summed E-state index contributed by atoms with van der Waals surface area (Å²) in [5, 5.41) is 2.32. The molecule has 10 heteroatoms. The van der Waals surface area contributed by atoms with E-state index in [1.807, 2.05) is 133 Å². The Kier molecular flexibility index (Phi) is 16.0. The molecule has 0 aliphatic carbocycles. The van der Waals surface area contributed by atoms with Crippen molar-refractivity contribution < 1.29 is 0 Å². The molecule has 482 valence electrons. The van der Waals surface area contributed by atoms with Crippen LogP contribution in [0, 0.1) is 0 Å². The Morgan fingerprint density at radius 3 is 0.699 bits per heavy atom. The molecule has 0 atom stereocenters. The number of aromatic nitrogens is 10. The summed E-state index contributed by atoms with van der Waals surface area (Å²) < 4.78 is 2.38. The maximum absolute atomic E-state index is 5.74. The van der Waals surface area contributed by atoms with E-state index in [1.54, 1.807) is 0 Å². The molecule has 0 amide bonds. The third-order valence-corrected chi connectivity index (χ3v) is 18.8. The zero-order valence-corrected chi connectivity index (χ0v) is 55.6. The number of para-hydroxylation sites is 1. The van der Waals surface area contributed by atoms with Gasteiger partial charge in [-0.1, -0.05) is 334 Å². The Balaban J connectivity index is 0.994. The molecular formula is C93H60N10. The second kappa shape index (κ2) is 27.0. The molecule has 0 aliphatic heterocycles. The summed E-state index contributed by atoms with van der Waals surface area (Å²) in [5.41, 5.74) is 19.8. The van der Waals surface area contributed by atoms with E-state index < -0.39 is 0 Å². The molecule has 0 spiro atoms. The Labute approximate surface area is 595 Å². The van der Waals surface area contributed by atoms with Crippen molar-refractivity contribution in [2.45, 2.75) is 0 Å². The normalized spacial score (nSPS) is 11.3. The van der Waals surface area contributed by atoms with Gasteiger partial charge < -0.3 is 4.57 Å². The first-order valence-corrected chi connectivity index (χ1v) is 34.4.